The Morgan fingerprint density at radius 1 is 0.399 bits per heavy atom. The highest BCUT2D eigenvalue weighted by atomic mass is 79.9. The second kappa shape index (κ2) is 41.8. The monoisotopic (exact) mass is 2010 g/mol. The van der Waals surface area contributed by atoms with Crippen LogP contribution in [-0.2, 0) is 47.6 Å². The van der Waals surface area contributed by atoms with Crippen LogP contribution in [0.4, 0.5) is 40.3 Å². The lowest BCUT2D eigenvalue weighted by Crippen LogP contribution is -2.41. The number of para-hydroxylation sites is 3. The van der Waals surface area contributed by atoms with Crippen molar-refractivity contribution in [2.24, 2.45) is 0 Å². The number of nitrogens with zero attached hydrogens (tertiary/aromatic N) is 10. The van der Waals surface area contributed by atoms with Crippen LogP contribution in [0.15, 0.2) is 224 Å². The molecule has 6 amide bonds. The standard InChI is InChI=1S/C23H15N5O5S.C23H17N5O3S.C18H12ClN3O3S.C12H24B2O4.C11H15BN2O4.C5H3BrN2O2/c29-21(25-11-15-12-26-23(34-15)14-6-8-20(24-10-14)28(31)32)13-5-7-19-17(9-13)27-22(30)16-3-1-2-4-18(16)33-19;24-20-8-6-14(10-25-20)23-27-12-15(32-23)11-26-21(29)13-5-7-19-17(9-13)28-22(30)16-3-1-2-4-18(16)31-19;19-18-21-9-11(26-18)8-20-16(23)10-5-6-15-13(7-10)22-17(24)12-3-1-2-4-14(12)25-15;1-9(2)10(3,4)16-13(15-9)14-17-11(5,6)12(7,8)18-14;1-10(2)11(3,4)18-12(17-10)8-5-6-9(13-7-8)14(15)16;6-4-1-2-5(7-3-4)8(9)10/h1-10,12H,11H2,(H,25,29)(H,27,30);1-10,12H,11H2,(H2,24,25)(H,26,29)(H,28,30);1-7,9H,8H2,(H,20,23)(H,22,24);1-8H3;5-7H,1-4H3;1-3H. The largest absolute Gasteiger partial charge is 0.498 e. The van der Waals surface area contributed by atoms with E-state index in [9.17, 15) is 59.1 Å². The molecule has 138 heavy (non-hydrogen) atoms. The van der Waals surface area contributed by atoms with E-state index >= 15 is 0 Å². The summed E-state index contributed by atoms with van der Waals surface area (Å²) in [4.78, 5) is 135. The molecule has 0 bridgehead atoms. The molecule has 6 aliphatic heterocycles. The van der Waals surface area contributed by atoms with E-state index in [1.807, 2.05) is 89.2 Å². The number of aromatic nitrogens is 7. The van der Waals surface area contributed by atoms with Gasteiger partial charge < -0.3 is 110 Å². The van der Waals surface area contributed by atoms with Crippen molar-refractivity contribution in [1.29, 1.82) is 0 Å². The second-order valence-electron chi connectivity index (χ2n) is 34.0. The molecule has 0 spiro atoms. The Balaban J connectivity index is 0.000000137. The van der Waals surface area contributed by atoms with Crippen LogP contribution in [0.25, 0.3) is 21.1 Å². The fourth-order valence-electron chi connectivity index (χ4n) is 13.2. The Hall–Kier alpha value is -14.2. The number of hydrogen-bond donors (Lipinski definition) is 7. The molecule has 46 heteroatoms. The lowest BCUT2D eigenvalue weighted by molar-refractivity contribution is -0.389. The van der Waals surface area contributed by atoms with E-state index in [2.05, 4.69) is 82.7 Å². The van der Waals surface area contributed by atoms with Gasteiger partial charge in [-0.2, -0.15) is 0 Å². The van der Waals surface area contributed by atoms with Crippen molar-refractivity contribution >= 4 is 164 Å². The smallest absolute Gasteiger partial charge is 0.454 e. The summed E-state index contributed by atoms with van der Waals surface area (Å²) in [5, 5.41) is 49.6. The number of halogens is 2. The van der Waals surface area contributed by atoms with Crippen LogP contribution in [0.2, 0.25) is 4.47 Å². The highest BCUT2D eigenvalue weighted by molar-refractivity contribution is 9.10. The van der Waals surface area contributed by atoms with Gasteiger partial charge in [-0.1, -0.05) is 54.1 Å². The van der Waals surface area contributed by atoms with E-state index in [0.717, 1.165) is 29.7 Å². The normalized spacial score (nSPS) is 15.6. The first-order valence-corrected chi connectivity index (χ1v) is 45.8. The first-order chi connectivity index (χ1) is 65.4. The predicted molar refractivity (Wildman–Crippen MR) is 522 cm³/mol. The number of nitrogens with two attached hydrogens (primary N) is 1. The summed E-state index contributed by atoms with van der Waals surface area (Å²) in [5.74, 6) is 0.930. The van der Waals surface area contributed by atoms with Crippen molar-refractivity contribution in [2.45, 2.75) is 136 Å². The van der Waals surface area contributed by atoms with Crippen molar-refractivity contribution in [2.75, 3.05) is 21.7 Å². The molecular formula is C92H86B3BrClN17O21S3. The summed E-state index contributed by atoms with van der Waals surface area (Å²) in [6, 6.07) is 47.9. The number of nitrogens with one attached hydrogen (secondary N) is 6. The number of nitrogen functional groups attached to an aromatic ring is 1. The fraction of sp³-hybridized carbons (Fsp3) is 0.228. The summed E-state index contributed by atoms with van der Waals surface area (Å²) >= 11 is 13.0. The summed E-state index contributed by atoms with van der Waals surface area (Å²) in [6.45, 7) is 24.9. The Kier molecular flexibility index (Phi) is 30.2. The summed E-state index contributed by atoms with van der Waals surface area (Å²) < 4.78 is 54.1. The molecule has 0 aliphatic carbocycles. The number of hydrogen-bond acceptors (Lipinski definition) is 32. The molecule has 3 fully saturated rings. The molecule has 3 saturated heterocycles. The molecule has 38 nitrogen and oxygen atoms in total. The van der Waals surface area contributed by atoms with Gasteiger partial charge in [-0.25, -0.2) is 19.9 Å². The molecule has 19 rings (SSSR count). The number of carbonyl (C=O) groups is 6. The van der Waals surface area contributed by atoms with Gasteiger partial charge in [0.05, 0.1) is 97.0 Å². The van der Waals surface area contributed by atoms with E-state index in [1.165, 1.54) is 70.8 Å². The van der Waals surface area contributed by atoms with Gasteiger partial charge in [0.2, 0.25) is 0 Å². The Labute approximate surface area is 815 Å². The second-order valence-corrected chi connectivity index (χ2v) is 38.8. The van der Waals surface area contributed by atoms with Crippen LogP contribution in [0.3, 0.4) is 0 Å². The third-order valence-corrected chi connectivity index (χ3v) is 26.5. The topological polar surface area (TPSA) is 503 Å². The van der Waals surface area contributed by atoms with Gasteiger partial charge in [0.1, 0.15) is 39.3 Å². The molecule has 8 N–H and O–H groups in total. The number of anilines is 4. The first kappa shape index (κ1) is 99.7. The molecule has 13 heterocycles. The SMILES string of the molecule is CC1(C)OB(B2OC(C)(C)C(C)(C)O2)OC1(C)C.CC1(C)OB(c2ccc([N+](=O)[O-])nc2)OC1(C)C.Nc1ccc(-c2ncc(CNC(=O)c3ccc4c(c3)NC(=O)c3ccccc3O4)s2)cn1.O=C(NCc1cnc(-c2ccc([N+](=O)[O-])nc2)s1)c1ccc2c(c1)NC(=O)c1ccccc1O2.O=C(NCc1cnc(Cl)s1)c1ccc2c(c1)NC(=O)c1ccccc1O2.O=[N+]([O-])c1ccc(Br)cn1. The van der Waals surface area contributed by atoms with Crippen molar-refractivity contribution in [3.8, 4) is 55.6 Å². The fourth-order valence-corrected chi connectivity index (χ4v) is 16.0. The van der Waals surface area contributed by atoms with E-state index in [-0.39, 0.29) is 81.8 Å². The number of fused-ring (bicyclic) bond motifs is 6. The molecular weight excluding hydrogens is 1920 g/mol. The number of carbonyl (C=O) groups excluding carboxylic acids is 6. The molecule has 0 atom stereocenters. The third kappa shape index (κ3) is 23.9. The van der Waals surface area contributed by atoms with Crippen molar-refractivity contribution in [3.05, 3.63) is 307 Å². The maximum Gasteiger partial charge on any atom is 0.498 e. The Bertz CT molecular complexity index is 6720. The van der Waals surface area contributed by atoms with Gasteiger partial charge in [0.25, 0.3) is 35.4 Å². The van der Waals surface area contributed by atoms with E-state index in [1.54, 1.807) is 176 Å². The minimum atomic E-state index is -0.564. The molecule has 13 aromatic rings. The number of benzene rings is 6. The first-order valence-electron chi connectivity index (χ1n) is 42.2. The molecule has 0 saturated carbocycles. The summed E-state index contributed by atoms with van der Waals surface area (Å²) in [7, 11) is -1.49. The number of rotatable bonds is 16. The maximum absolute atomic E-state index is 12.7. The zero-order chi connectivity index (χ0) is 98.9. The number of nitro groups is 3. The molecule has 0 radical (unpaired) electrons. The minimum absolute atomic E-state index is 0.136. The quantitative estimate of drug-likeness (QED) is 0.0268. The number of ether oxygens (including phenoxy) is 3. The summed E-state index contributed by atoms with van der Waals surface area (Å²) in [6.07, 6.45) is 10.8. The highest BCUT2D eigenvalue weighted by Gasteiger charge is 2.64. The molecule has 0 unspecified atom stereocenters. The lowest BCUT2D eigenvalue weighted by Gasteiger charge is -2.32. The van der Waals surface area contributed by atoms with Gasteiger partial charge in [0.15, 0.2) is 34.1 Å². The van der Waals surface area contributed by atoms with Gasteiger partial charge in [-0.15, -0.1) is 34.0 Å². The average Bonchev–Trinajstić information content (AvgIpc) is 1.60. The van der Waals surface area contributed by atoms with Crippen molar-refractivity contribution < 1.29 is 85.7 Å². The van der Waals surface area contributed by atoms with Crippen molar-refractivity contribution in [1.82, 2.24) is 50.8 Å². The summed E-state index contributed by atoms with van der Waals surface area (Å²) in [5.41, 5.74) is 9.27. The maximum atomic E-state index is 12.7. The van der Waals surface area contributed by atoms with Crippen LogP contribution in [0.1, 0.15) is 160 Å². The van der Waals surface area contributed by atoms with Crippen LogP contribution < -0.4 is 57.3 Å². The lowest BCUT2D eigenvalue weighted by atomic mass is 9.49. The van der Waals surface area contributed by atoms with Gasteiger partial charge in [-0.3, -0.25) is 28.8 Å². The number of amides is 6. The predicted octanol–water partition coefficient (Wildman–Crippen LogP) is 17.9. The molecule has 6 aromatic carbocycles. The van der Waals surface area contributed by atoms with E-state index in [0.29, 0.717) is 124 Å². The van der Waals surface area contributed by atoms with Gasteiger partial charge in [0, 0.05) is 85.3 Å². The van der Waals surface area contributed by atoms with Crippen LogP contribution in [0.5, 0.6) is 34.5 Å². The van der Waals surface area contributed by atoms with Gasteiger partial charge in [-0.05, 0) is 244 Å². The Morgan fingerprint density at radius 3 is 1.06 bits per heavy atom. The Morgan fingerprint density at radius 2 is 0.732 bits per heavy atom. The van der Waals surface area contributed by atoms with Crippen LogP contribution >= 0.6 is 61.5 Å². The van der Waals surface area contributed by atoms with E-state index < -0.39 is 47.1 Å². The molecule has 7 aromatic heterocycles. The zero-order valence-corrected chi connectivity index (χ0v) is 80.5. The van der Waals surface area contributed by atoms with Gasteiger partial charge >= 0.3 is 38.6 Å². The van der Waals surface area contributed by atoms with Crippen LogP contribution in [-0.4, -0.2) is 140 Å². The third-order valence-electron chi connectivity index (χ3n) is 22.8. The van der Waals surface area contributed by atoms with Crippen LogP contribution in [0, 0.1) is 30.3 Å². The number of pyridine rings is 4. The van der Waals surface area contributed by atoms with Crippen molar-refractivity contribution in [3.63, 3.8) is 0 Å². The molecule has 706 valence electrons. The van der Waals surface area contributed by atoms with E-state index in [4.69, 9.17) is 59.5 Å². The highest BCUT2D eigenvalue weighted by Crippen LogP contribution is 2.45. The minimum Gasteiger partial charge on any atom is -0.454 e. The molecule has 6 aliphatic rings. The average molecular weight is 2010 g/mol. The number of thiazole rings is 3. The zero-order valence-electron chi connectivity index (χ0n) is 75.7.